The van der Waals surface area contributed by atoms with Crippen molar-refractivity contribution in [1.29, 1.82) is 0 Å². The highest BCUT2D eigenvalue weighted by Gasteiger charge is 2.29. The van der Waals surface area contributed by atoms with Gasteiger partial charge in [-0.2, -0.15) is 18.3 Å². The number of hydrogen-bond acceptors (Lipinski definition) is 2. The quantitative estimate of drug-likeness (QED) is 0.828. The molecule has 2 aromatic rings. The first-order chi connectivity index (χ1) is 9.99. The van der Waals surface area contributed by atoms with Crippen molar-refractivity contribution < 1.29 is 13.2 Å². The number of rotatable bonds is 6. The molecule has 0 amide bonds. The summed E-state index contributed by atoms with van der Waals surface area (Å²) in [6.07, 6.45) is -1.39. The van der Waals surface area contributed by atoms with Crippen LogP contribution in [0.2, 0.25) is 0 Å². The van der Waals surface area contributed by atoms with Crippen molar-refractivity contribution >= 4 is 0 Å². The van der Waals surface area contributed by atoms with Gasteiger partial charge in [0.05, 0.1) is 17.8 Å². The van der Waals surface area contributed by atoms with Crippen molar-refractivity contribution in [3.8, 4) is 0 Å². The third-order valence-corrected chi connectivity index (χ3v) is 3.05. The van der Waals surface area contributed by atoms with Crippen LogP contribution in [0.5, 0.6) is 0 Å². The molecule has 1 aromatic carbocycles. The second-order valence-electron chi connectivity index (χ2n) is 4.88. The summed E-state index contributed by atoms with van der Waals surface area (Å²) >= 11 is 0. The molecule has 1 heterocycles. The van der Waals surface area contributed by atoms with Gasteiger partial charge < -0.3 is 5.32 Å². The van der Waals surface area contributed by atoms with E-state index in [-0.39, 0.29) is 0 Å². The zero-order valence-corrected chi connectivity index (χ0v) is 11.8. The first kappa shape index (κ1) is 15.6. The normalized spacial score (nSPS) is 11.8. The van der Waals surface area contributed by atoms with Crippen LogP contribution in [-0.4, -0.2) is 16.3 Å². The topological polar surface area (TPSA) is 29.9 Å². The van der Waals surface area contributed by atoms with Crippen molar-refractivity contribution in [3.63, 3.8) is 0 Å². The number of alkyl halides is 3. The molecule has 0 fully saturated rings. The van der Waals surface area contributed by atoms with Gasteiger partial charge in [-0.1, -0.05) is 19.1 Å². The molecule has 0 radical (unpaired) electrons. The molecule has 0 unspecified atom stereocenters. The van der Waals surface area contributed by atoms with E-state index in [1.165, 1.54) is 12.1 Å². The van der Waals surface area contributed by atoms with E-state index in [1.807, 2.05) is 12.3 Å². The zero-order valence-electron chi connectivity index (χ0n) is 11.8. The summed E-state index contributed by atoms with van der Waals surface area (Å²) < 4.78 is 39.1. The Hall–Kier alpha value is -1.82. The van der Waals surface area contributed by atoms with Gasteiger partial charge in [0.15, 0.2) is 0 Å². The van der Waals surface area contributed by atoms with Crippen molar-refractivity contribution in [2.24, 2.45) is 0 Å². The molecule has 0 bridgehead atoms. The van der Waals surface area contributed by atoms with E-state index in [9.17, 15) is 13.2 Å². The number of nitrogens with one attached hydrogen (secondary N) is 1. The van der Waals surface area contributed by atoms with Crippen molar-refractivity contribution in [2.75, 3.05) is 6.54 Å². The summed E-state index contributed by atoms with van der Waals surface area (Å²) in [6.45, 7) is 4.20. The van der Waals surface area contributed by atoms with Crippen LogP contribution in [0.4, 0.5) is 13.2 Å². The fourth-order valence-corrected chi connectivity index (χ4v) is 1.97. The molecule has 6 heteroatoms. The second-order valence-corrected chi connectivity index (χ2v) is 4.88. The van der Waals surface area contributed by atoms with Crippen LogP contribution in [0.25, 0.3) is 0 Å². The predicted molar refractivity (Wildman–Crippen MR) is 74.8 cm³/mol. The summed E-state index contributed by atoms with van der Waals surface area (Å²) in [5.74, 6) is 0. The highest BCUT2D eigenvalue weighted by Crippen LogP contribution is 2.29. The molecule has 0 saturated heterocycles. The fourth-order valence-electron chi connectivity index (χ4n) is 1.97. The number of nitrogens with zero attached hydrogens (tertiary/aromatic N) is 2. The number of benzene rings is 1. The number of hydrogen-bond donors (Lipinski definition) is 1. The molecule has 21 heavy (non-hydrogen) atoms. The minimum atomic E-state index is -4.29. The molecular weight excluding hydrogens is 279 g/mol. The number of aromatic nitrogens is 2. The lowest BCUT2D eigenvalue weighted by Gasteiger charge is -2.07. The van der Waals surface area contributed by atoms with E-state index in [2.05, 4.69) is 17.3 Å². The Morgan fingerprint density at radius 2 is 1.86 bits per heavy atom. The molecule has 0 atom stereocenters. The van der Waals surface area contributed by atoms with E-state index in [4.69, 9.17) is 0 Å². The van der Waals surface area contributed by atoms with Crippen LogP contribution in [0, 0.1) is 0 Å². The Bertz CT molecular complexity index is 558. The van der Waals surface area contributed by atoms with Crippen molar-refractivity contribution in [2.45, 2.75) is 32.6 Å². The maximum absolute atomic E-state index is 12.5. The Kier molecular flexibility index (Phi) is 5.01. The zero-order chi connectivity index (χ0) is 15.3. The van der Waals surface area contributed by atoms with Gasteiger partial charge >= 0.3 is 6.18 Å². The van der Waals surface area contributed by atoms with Gasteiger partial charge in [-0.3, -0.25) is 4.68 Å². The molecule has 0 aliphatic heterocycles. The van der Waals surface area contributed by atoms with Gasteiger partial charge in [0.1, 0.15) is 0 Å². The van der Waals surface area contributed by atoms with Crippen LogP contribution >= 0.6 is 0 Å². The molecule has 0 aliphatic carbocycles. The summed E-state index contributed by atoms with van der Waals surface area (Å²) in [5, 5.41) is 7.63. The molecule has 0 aliphatic rings. The largest absolute Gasteiger partial charge is 0.416 e. The Balaban J connectivity index is 1.95. The Morgan fingerprint density at radius 3 is 2.48 bits per heavy atom. The van der Waals surface area contributed by atoms with E-state index < -0.39 is 11.7 Å². The first-order valence-electron chi connectivity index (χ1n) is 6.88. The minimum absolute atomic E-state index is 0.464. The number of halogens is 3. The summed E-state index contributed by atoms with van der Waals surface area (Å²) in [5.41, 5.74) is 1.09. The van der Waals surface area contributed by atoms with E-state index in [0.29, 0.717) is 13.1 Å². The summed E-state index contributed by atoms with van der Waals surface area (Å²) in [4.78, 5) is 0. The standard InChI is InChI=1S/C15H18F3N3/c1-2-8-19-10-14-7-9-21(20-14)11-12-3-5-13(6-4-12)15(16,17)18/h3-7,9,19H,2,8,10-11H2,1H3. The molecule has 114 valence electrons. The van der Waals surface area contributed by atoms with Gasteiger partial charge in [-0.15, -0.1) is 0 Å². The van der Waals surface area contributed by atoms with Gasteiger partial charge in [-0.25, -0.2) is 0 Å². The highest BCUT2D eigenvalue weighted by atomic mass is 19.4. The lowest BCUT2D eigenvalue weighted by Crippen LogP contribution is -2.14. The van der Waals surface area contributed by atoms with Gasteiger partial charge in [-0.05, 0) is 36.7 Å². The van der Waals surface area contributed by atoms with Crippen LogP contribution in [0.1, 0.15) is 30.2 Å². The lowest BCUT2D eigenvalue weighted by molar-refractivity contribution is -0.137. The predicted octanol–water partition coefficient (Wildman–Crippen LogP) is 3.45. The molecule has 1 N–H and O–H groups in total. The summed E-state index contributed by atoms with van der Waals surface area (Å²) in [6, 6.07) is 7.08. The summed E-state index contributed by atoms with van der Waals surface area (Å²) in [7, 11) is 0. The fraction of sp³-hybridized carbons (Fsp3) is 0.400. The maximum Gasteiger partial charge on any atom is 0.416 e. The molecular formula is C15H18F3N3. The van der Waals surface area contributed by atoms with Gasteiger partial charge in [0.25, 0.3) is 0 Å². The lowest BCUT2D eigenvalue weighted by atomic mass is 10.1. The SMILES string of the molecule is CCCNCc1ccn(Cc2ccc(C(F)(F)F)cc2)n1. The average Bonchev–Trinajstić information content (AvgIpc) is 2.86. The second kappa shape index (κ2) is 6.76. The van der Waals surface area contributed by atoms with E-state index >= 15 is 0 Å². The van der Waals surface area contributed by atoms with Gasteiger partial charge in [0, 0.05) is 12.7 Å². The smallest absolute Gasteiger partial charge is 0.311 e. The minimum Gasteiger partial charge on any atom is -0.311 e. The molecule has 3 nitrogen and oxygen atoms in total. The van der Waals surface area contributed by atoms with E-state index in [1.54, 1.807) is 4.68 Å². The van der Waals surface area contributed by atoms with Crippen LogP contribution < -0.4 is 5.32 Å². The monoisotopic (exact) mass is 297 g/mol. The molecule has 0 spiro atoms. The van der Waals surface area contributed by atoms with Gasteiger partial charge in [0.2, 0.25) is 0 Å². The first-order valence-corrected chi connectivity index (χ1v) is 6.88. The average molecular weight is 297 g/mol. The Labute approximate surface area is 121 Å². The van der Waals surface area contributed by atoms with Crippen molar-refractivity contribution in [1.82, 2.24) is 15.1 Å². The molecule has 1 aromatic heterocycles. The molecule has 2 rings (SSSR count). The van der Waals surface area contributed by atoms with Crippen LogP contribution in [0.3, 0.4) is 0 Å². The van der Waals surface area contributed by atoms with Crippen LogP contribution in [-0.2, 0) is 19.3 Å². The Morgan fingerprint density at radius 1 is 1.14 bits per heavy atom. The highest BCUT2D eigenvalue weighted by molar-refractivity contribution is 5.24. The van der Waals surface area contributed by atoms with Crippen molar-refractivity contribution in [3.05, 3.63) is 53.3 Å². The van der Waals surface area contributed by atoms with E-state index in [0.717, 1.165) is 36.4 Å². The van der Waals surface area contributed by atoms with Crippen LogP contribution in [0.15, 0.2) is 36.5 Å². The molecule has 0 saturated carbocycles. The third kappa shape index (κ3) is 4.60. The maximum atomic E-state index is 12.5. The third-order valence-electron chi connectivity index (χ3n) is 3.05.